The Labute approximate surface area is 223 Å². The van der Waals surface area contributed by atoms with E-state index in [9.17, 15) is 18.0 Å². The Morgan fingerprint density at radius 2 is 1.55 bits per heavy atom. The lowest BCUT2D eigenvalue weighted by atomic mass is 9.87. The minimum atomic E-state index is -4.41. The van der Waals surface area contributed by atoms with Gasteiger partial charge in [-0.1, -0.05) is 87.1 Å². The van der Waals surface area contributed by atoms with Crippen LogP contribution in [0, 0.1) is 0 Å². The molecule has 3 aromatic carbocycles. The maximum atomic E-state index is 12.7. The number of halogens is 3. The standard InChI is InChI=1S/C28H26F3N5OS/c1-27(2,3)21-15-11-20(12-16-21)25-34-35-26(36(25)23-7-5-4-6-8-23)38-18-24(37)33-32-17-19-9-13-22(14-10-19)28(29,30)31/h4-17H,18H2,1-3H3,(H,33,37)/b32-17-. The van der Waals surface area contributed by atoms with Gasteiger partial charge in [0.15, 0.2) is 11.0 Å². The zero-order chi connectivity index (χ0) is 27.3. The monoisotopic (exact) mass is 537 g/mol. The van der Waals surface area contributed by atoms with E-state index in [0.717, 1.165) is 23.4 Å². The number of aromatic nitrogens is 3. The number of nitrogens with one attached hydrogen (secondary N) is 1. The highest BCUT2D eigenvalue weighted by molar-refractivity contribution is 7.99. The molecule has 0 fully saturated rings. The van der Waals surface area contributed by atoms with Gasteiger partial charge in [-0.25, -0.2) is 5.43 Å². The van der Waals surface area contributed by atoms with Crippen LogP contribution in [0.4, 0.5) is 13.2 Å². The summed E-state index contributed by atoms with van der Waals surface area (Å²) in [5, 5.41) is 13.1. The molecule has 196 valence electrons. The summed E-state index contributed by atoms with van der Waals surface area (Å²) >= 11 is 1.20. The molecule has 0 aliphatic heterocycles. The van der Waals surface area contributed by atoms with Crippen LogP contribution in [0.1, 0.15) is 37.5 Å². The van der Waals surface area contributed by atoms with Crippen LogP contribution in [0.2, 0.25) is 0 Å². The Hall–Kier alpha value is -3.92. The molecule has 1 aromatic heterocycles. The number of carbonyl (C=O) groups excluding carboxylic acids is 1. The average molecular weight is 538 g/mol. The molecule has 0 aliphatic rings. The van der Waals surface area contributed by atoms with Crippen molar-refractivity contribution in [3.8, 4) is 17.1 Å². The summed E-state index contributed by atoms with van der Waals surface area (Å²) in [5.41, 5.74) is 5.05. The molecule has 4 rings (SSSR count). The summed E-state index contributed by atoms with van der Waals surface area (Å²) in [7, 11) is 0. The third-order valence-corrected chi connectivity index (χ3v) is 6.56. The van der Waals surface area contributed by atoms with E-state index >= 15 is 0 Å². The van der Waals surface area contributed by atoms with E-state index in [2.05, 4.69) is 53.6 Å². The molecule has 10 heteroatoms. The van der Waals surface area contributed by atoms with Crippen LogP contribution >= 0.6 is 11.8 Å². The van der Waals surface area contributed by atoms with Gasteiger partial charge in [0, 0.05) is 11.3 Å². The Balaban J connectivity index is 1.47. The number of rotatable bonds is 7. The molecule has 0 radical (unpaired) electrons. The number of carbonyl (C=O) groups is 1. The smallest absolute Gasteiger partial charge is 0.272 e. The van der Waals surface area contributed by atoms with Crippen LogP contribution in [0.25, 0.3) is 17.1 Å². The molecule has 0 saturated heterocycles. The summed E-state index contributed by atoms with van der Waals surface area (Å²) in [6.45, 7) is 6.46. The first-order valence-corrected chi connectivity index (χ1v) is 12.7. The SMILES string of the molecule is CC(C)(C)c1ccc(-c2nnc(SCC(=O)N/N=C\c3ccc(C(F)(F)F)cc3)n2-c2ccccc2)cc1. The molecule has 1 amide bonds. The van der Waals surface area contributed by atoms with E-state index in [-0.39, 0.29) is 11.2 Å². The predicted molar refractivity (Wildman–Crippen MR) is 143 cm³/mol. The van der Waals surface area contributed by atoms with Crippen LogP contribution in [-0.4, -0.2) is 32.6 Å². The van der Waals surface area contributed by atoms with E-state index < -0.39 is 17.6 Å². The van der Waals surface area contributed by atoms with Crippen molar-refractivity contribution in [2.45, 2.75) is 37.5 Å². The Kier molecular flexibility index (Phi) is 8.01. The van der Waals surface area contributed by atoms with Crippen molar-refractivity contribution in [2.24, 2.45) is 5.10 Å². The second-order valence-corrected chi connectivity index (χ2v) is 10.4. The molecule has 38 heavy (non-hydrogen) atoms. The fourth-order valence-electron chi connectivity index (χ4n) is 3.58. The molecular formula is C28H26F3N5OS. The van der Waals surface area contributed by atoms with Crippen molar-refractivity contribution in [3.05, 3.63) is 95.6 Å². The Bertz CT molecular complexity index is 1410. The lowest BCUT2D eigenvalue weighted by Crippen LogP contribution is -2.20. The highest BCUT2D eigenvalue weighted by Gasteiger charge is 2.29. The van der Waals surface area contributed by atoms with Crippen LogP contribution in [0.3, 0.4) is 0 Å². The Morgan fingerprint density at radius 3 is 2.16 bits per heavy atom. The number of alkyl halides is 3. The zero-order valence-electron chi connectivity index (χ0n) is 21.0. The fourth-order valence-corrected chi connectivity index (χ4v) is 4.32. The fraction of sp³-hybridized carbons (Fsp3) is 0.214. The molecule has 6 nitrogen and oxygen atoms in total. The van der Waals surface area contributed by atoms with Crippen molar-refractivity contribution in [1.82, 2.24) is 20.2 Å². The van der Waals surface area contributed by atoms with Crippen molar-refractivity contribution >= 4 is 23.9 Å². The predicted octanol–water partition coefficient (Wildman–Crippen LogP) is 6.49. The van der Waals surface area contributed by atoms with Gasteiger partial charge >= 0.3 is 6.18 Å². The first kappa shape index (κ1) is 27.1. The van der Waals surface area contributed by atoms with E-state index in [1.165, 1.54) is 35.7 Å². The highest BCUT2D eigenvalue weighted by Crippen LogP contribution is 2.30. The molecule has 0 atom stereocenters. The van der Waals surface area contributed by atoms with Crippen LogP contribution in [0.15, 0.2) is 89.1 Å². The van der Waals surface area contributed by atoms with E-state index in [1.54, 1.807) is 0 Å². The summed E-state index contributed by atoms with van der Waals surface area (Å²) < 4.78 is 40.0. The van der Waals surface area contributed by atoms with E-state index in [1.807, 2.05) is 47.0 Å². The van der Waals surface area contributed by atoms with Gasteiger partial charge in [-0.15, -0.1) is 10.2 Å². The number of benzene rings is 3. The molecule has 0 unspecified atom stereocenters. The maximum absolute atomic E-state index is 12.7. The van der Waals surface area contributed by atoms with Gasteiger partial charge < -0.3 is 0 Å². The van der Waals surface area contributed by atoms with Gasteiger partial charge in [0.2, 0.25) is 0 Å². The number of para-hydroxylation sites is 1. The maximum Gasteiger partial charge on any atom is 0.416 e. The molecule has 0 aliphatic carbocycles. The van der Waals surface area contributed by atoms with Gasteiger partial charge in [0.1, 0.15) is 0 Å². The molecule has 1 heterocycles. The van der Waals surface area contributed by atoms with Gasteiger partial charge in [0.25, 0.3) is 5.91 Å². The molecule has 0 bridgehead atoms. The van der Waals surface area contributed by atoms with Crippen molar-refractivity contribution in [3.63, 3.8) is 0 Å². The summed E-state index contributed by atoms with van der Waals surface area (Å²) in [4.78, 5) is 12.4. The second-order valence-electron chi connectivity index (χ2n) is 9.51. The number of hydrogen-bond acceptors (Lipinski definition) is 5. The molecular weight excluding hydrogens is 511 g/mol. The molecule has 0 spiro atoms. The highest BCUT2D eigenvalue weighted by atomic mass is 32.2. The van der Waals surface area contributed by atoms with Crippen LogP contribution < -0.4 is 5.43 Å². The quantitative estimate of drug-likeness (QED) is 0.166. The minimum absolute atomic E-state index is 0.0122. The number of nitrogens with zero attached hydrogens (tertiary/aromatic N) is 4. The number of amides is 1. The third-order valence-electron chi connectivity index (χ3n) is 5.63. The number of hydrazone groups is 1. The lowest BCUT2D eigenvalue weighted by Gasteiger charge is -2.19. The molecule has 1 N–H and O–H groups in total. The largest absolute Gasteiger partial charge is 0.416 e. The first-order chi connectivity index (χ1) is 18.0. The average Bonchev–Trinajstić information content (AvgIpc) is 3.31. The van der Waals surface area contributed by atoms with E-state index in [4.69, 9.17) is 0 Å². The second kappa shape index (κ2) is 11.2. The van der Waals surface area contributed by atoms with Crippen molar-refractivity contribution in [1.29, 1.82) is 0 Å². The topological polar surface area (TPSA) is 72.2 Å². The molecule has 0 saturated carbocycles. The normalized spacial score (nSPS) is 12.2. The van der Waals surface area contributed by atoms with Gasteiger partial charge in [-0.3, -0.25) is 9.36 Å². The third kappa shape index (κ3) is 6.69. The minimum Gasteiger partial charge on any atom is -0.272 e. The van der Waals surface area contributed by atoms with Crippen LogP contribution in [-0.2, 0) is 16.4 Å². The first-order valence-electron chi connectivity index (χ1n) is 11.8. The lowest BCUT2D eigenvalue weighted by molar-refractivity contribution is -0.137. The zero-order valence-corrected chi connectivity index (χ0v) is 21.8. The van der Waals surface area contributed by atoms with Crippen molar-refractivity contribution in [2.75, 3.05) is 5.75 Å². The summed E-state index contributed by atoms with van der Waals surface area (Å²) in [5.74, 6) is 0.273. The van der Waals surface area contributed by atoms with Gasteiger partial charge in [-0.05, 0) is 40.8 Å². The summed E-state index contributed by atoms with van der Waals surface area (Å²) in [6.07, 6.45) is -3.12. The number of hydrogen-bond donors (Lipinski definition) is 1. The van der Waals surface area contributed by atoms with Crippen molar-refractivity contribution < 1.29 is 18.0 Å². The number of thioether (sulfide) groups is 1. The molecule has 4 aromatic rings. The van der Waals surface area contributed by atoms with E-state index in [0.29, 0.717) is 16.5 Å². The van der Waals surface area contributed by atoms with Gasteiger partial charge in [0.05, 0.1) is 17.5 Å². The summed E-state index contributed by atoms with van der Waals surface area (Å²) in [6, 6.07) is 22.3. The van der Waals surface area contributed by atoms with Gasteiger partial charge in [-0.2, -0.15) is 18.3 Å². The van der Waals surface area contributed by atoms with Crippen LogP contribution in [0.5, 0.6) is 0 Å². The Morgan fingerprint density at radius 1 is 0.921 bits per heavy atom.